The molecule has 0 aliphatic heterocycles. The van der Waals surface area contributed by atoms with E-state index in [1.807, 2.05) is 0 Å². The van der Waals surface area contributed by atoms with Gasteiger partial charge in [-0.25, -0.2) is 4.39 Å². The molecule has 0 saturated heterocycles. The summed E-state index contributed by atoms with van der Waals surface area (Å²) in [5.74, 6) is -0.438. The maximum absolute atomic E-state index is 12.4. The van der Waals surface area contributed by atoms with Crippen LogP contribution in [-0.4, -0.2) is 12.2 Å². The van der Waals surface area contributed by atoms with Gasteiger partial charge in [0, 0.05) is 0 Å². The zero-order chi connectivity index (χ0) is 11.5. The summed E-state index contributed by atoms with van der Waals surface area (Å²) in [5.41, 5.74) is 5.31. The first-order chi connectivity index (χ1) is 6.89. The maximum Gasteiger partial charge on any atom is 0.407 e. The minimum Gasteiger partial charge on any atom is -0.317 e. The summed E-state index contributed by atoms with van der Waals surface area (Å²) in [6.07, 6.45) is -2.42. The van der Waals surface area contributed by atoms with Gasteiger partial charge in [0.25, 0.3) is 0 Å². The summed E-state index contributed by atoms with van der Waals surface area (Å²) >= 11 is 0. The summed E-state index contributed by atoms with van der Waals surface area (Å²) in [4.78, 5) is 0. The number of halogens is 4. The molecule has 1 atom stereocenters. The van der Waals surface area contributed by atoms with Crippen LogP contribution in [0.3, 0.4) is 0 Å². The van der Waals surface area contributed by atoms with Crippen LogP contribution in [0.5, 0.6) is 0 Å². The minimum atomic E-state index is -4.45. The summed E-state index contributed by atoms with van der Waals surface area (Å²) in [6, 6.07) is 3.07. The highest BCUT2D eigenvalue weighted by Gasteiger charge is 2.34. The van der Waals surface area contributed by atoms with Gasteiger partial charge in [-0.3, -0.25) is 0 Å². The second-order valence-electron chi connectivity index (χ2n) is 2.98. The Morgan fingerprint density at radius 1 is 1.13 bits per heavy atom. The van der Waals surface area contributed by atoms with Crippen molar-refractivity contribution >= 4 is 6.08 Å². The fourth-order valence-corrected chi connectivity index (χ4v) is 0.898. The Labute approximate surface area is 84.2 Å². The van der Waals surface area contributed by atoms with Gasteiger partial charge in [0.1, 0.15) is 11.9 Å². The molecule has 0 saturated carbocycles. The predicted molar refractivity (Wildman–Crippen MR) is 49.5 cm³/mol. The zero-order valence-corrected chi connectivity index (χ0v) is 7.63. The van der Waals surface area contributed by atoms with Gasteiger partial charge in [-0.1, -0.05) is 24.3 Å². The molecule has 0 unspecified atom stereocenters. The molecule has 2 N–H and O–H groups in total. The van der Waals surface area contributed by atoms with Crippen LogP contribution in [-0.2, 0) is 0 Å². The molecule has 82 valence electrons. The van der Waals surface area contributed by atoms with Crippen molar-refractivity contribution in [3.8, 4) is 0 Å². The molecule has 1 rings (SSSR count). The number of nitrogens with two attached hydrogens (primary N) is 1. The molecule has 15 heavy (non-hydrogen) atoms. The third-order valence-corrected chi connectivity index (χ3v) is 1.74. The Bertz CT molecular complexity index is 339. The molecular formula is C10H9F4N. The summed E-state index contributed by atoms with van der Waals surface area (Å²) in [7, 11) is 0. The van der Waals surface area contributed by atoms with Crippen molar-refractivity contribution < 1.29 is 17.6 Å². The van der Waals surface area contributed by atoms with E-state index in [0.29, 0.717) is 5.56 Å². The van der Waals surface area contributed by atoms with Gasteiger partial charge in [-0.05, 0) is 17.7 Å². The molecule has 1 nitrogen and oxygen atoms in total. The van der Waals surface area contributed by atoms with E-state index in [0.717, 1.165) is 6.08 Å². The summed E-state index contributed by atoms with van der Waals surface area (Å²) in [5, 5.41) is 0. The highest BCUT2D eigenvalue weighted by Crippen LogP contribution is 2.19. The molecule has 1 aromatic carbocycles. The van der Waals surface area contributed by atoms with Crippen molar-refractivity contribution in [2.24, 2.45) is 5.73 Å². The lowest BCUT2D eigenvalue weighted by Gasteiger charge is -2.10. The molecule has 0 heterocycles. The van der Waals surface area contributed by atoms with Crippen molar-refractivity contribution in [2.45, 2.75) is 12.2 Å². The van der Waals surface area contributed by atoms with Crippen molar-refractivity contribution in [1.82, 2.24) is 0 Å². The topological polar surface area (TPSA) is 26.0 Å². The monoisotopic (exact) mass is 219 g/mol. The average Bonchev–Trinajstić information content (AvgIpc) is 2.15. The fraction of sp³-hybridized carbons (Fsp3) is 0.200. The molecule has 0 radical (unpaired) electrons. The number of benzene rings is 1. The third kappa shape index (κ3) is 3.71. The molecule has 0 aliphatic carbocycles. The van der Waals surface area contributed by atoms with E-state index in [9.17, 15) is 17.6 Å². The molecule has 0 aliphatic rings. The Kier molecular flexibility index (Phi) is 3.47. The molecule has 0 aromatic heterocycles. The normalized spacial score (nSPS) is 14.5. The number of hydrogen-bond donors (Lipinski definition) is 1. The standard InChI is InChI=1S/C10H9F4N/c11-8-4-1-7(2-5-8)3-6-9(15)10(12,13)14/h1-6,9H,15H2/t9-/m0/s1. The van der Waals surface area contributed by atoms with Gasteiger partial charge in [0.05, 0.1) is 0 Å². The van der Waals surface area contributed by atoms with E-state index in [1.165, 1.54) is 30.3 Å². The van der Waals surface area contributed by atoms with E-state index in [1.54, 1.807) is 0 Å². The van der Waals surface area contributed by atoms with Gasteiger partial charge >= 0.3 is 6.18 Å². The van der Waals surface area contributed by atoms with Gasteiger partial charge in [-0.2, -0.15) is 13.2 Å². The predicted octanol–water partition coefficient (Wildman–Crippen LogP) is 2.73. The quantitative estimate of drug-likeness (QED) is 0.760. The lowest BCUT2D eigenvalue weighted by molar-refractivity contribution is -0.136. The zero-order valence-electron chi connectivity index (χ0n) is 7.63. The molecule has 0 fully saturated rings. The molecular weight excluding hydrogens is 210 g/mol. The van der Waals surface area contributed by atoms with Crippen molar-refractivity contribution in [3.63, 3.8) is 0 Å². The van der Waals surface area contributed by atoms with Crippen LogP contribution in [0, 0.1) is 5.82 Å². The summed E-state index contributed by atoms with van der Waals surface area (Å²) in [6.45, 7) is 0. The SMILES string of the molecule is N[C@@H](C=Cc1ccc(F)cc1)C(F)(F)F. The second-order valence-corrected chi connectivity index (χ2v) is 2.98. The lowest BCUT2D eigenvalue weighted by Crippen LogP contribution is -2.35. The van der Waals surface area contributed by atoms with E-state index < -0.39 is 18.0 Å². The Balaban J connectivity index is 2.70. The molecule has 0 amide bonds. The third-order valence-electron chi connectivity index (χ3n) is 1.74. The van der Waals surface area contributed by atoms with Crippen LogP contribution in [0.2, 0.25) is 0 Å². The molecule has 1 aromatic rings. The van der Waals surface area contributed by atoms with Gasteiger partial charge in [0.15, 0.2) is 0 Å². The van der Waals surface area contributed by atoms with Crippen LogP contribution < -0.4 is 5.73 Å². The molecule has 5 heteroatoms. The van der Waals surface area contributed by atoms with Crippen LogP contribution in [0.25, 0.3) is 6.08 Å². The van der Waals surface area contributed by atoms with Crippen molar-refractivity contribution in [3.05, 3.63) is 41.7 Å². The number of alkyl halides is 3. The summed E-state index contributed by atoms with van der Waals surface area (Å²) < 4.78 is 48.4. The van der Waals surface area contributed by atoms with Gasteiger partial charge in [0.2, 0.25) is 0 Å². The first kappa shape index (κ1) is 11.7. The first-order valence-corrected chi connectivity index (χ1v) is 4.15. The largest absolute Gasteiger partial charge is 0.407 e. The Morgan fingerprint density at radius 3 is 2.13 bits per heavy atom. The first-order valence-electron chi connectivity index (χ1n) is 4.15. The Hall–Kier alpha value is -1.36. The van der Waals surface area contributed by atoms with Crippen molar-refractivity contribution in [1.29, 1.82) is 0 Å². The van der Waals surface area contributed by atoms with E-state index in [4.69, 9.17) is 5.73 Å². The number of rotatable bonds is 2. The maximum atomic E-state index is 12.4. The van der Waals surface area contributed by atoms with Gasteiger partial charge in [-0.15, -0.1) is 0 Å². The van der Waals surface area contributed by atoms with E-state index in [2.05, 4.69) is 0 Å². The number of hydrogen-bond acceptors (Lipinski definition) is 1. The van der Waals surface area contributed by atoms with Gasteiger partial charge < -0.3 is 5.73 Å². The van der Waals surface area contributed by atoms with Crippen molar-refractivity contribution in [2.75, 3.05) is 0 Å². The van der Waals surface area contributed by atoms with Crippen LogP contribution >= 0.6 is 0 Å². The fourth-order valence-electron chi connectivity index (χ4n) is 0.898. The van der Waals surface area contributed by atoms with E-state index >= 15 is 0 Å². The molecule has 0 bridgehead atoms. The Morgan fingerprint density at radius 2 is 1.67 bits per heavy atom. The van der Waals surface area contributed by atoms with Crippen LogP contribution in [0.1, 0.15) is 5.56 Å². The average molecular weight is 219 g/mol. The highest BCUT2D eigenvalue weighted by molar-refractivity contribution is 5.49. The second kappa shape index (κ2) is 4.44. The van der Waals surface area contributed by atoms with Crippen LogP contribution in [0.15, 0.2) is 30.3 Å². The highest BCUT2D eigenvalue weighted by atomic mass is 19.4. The van der Waals surface area contributed by atoms with E-state index in [-0.39, 0.29) is 0 Å². The van der Waals surface area contributed by atoms with Crippen LogP contribution in [0.4, 0.5) is 17.6 Å². The smallest absolute Gasteiger partial charge is 0.317 e. The minimum absolute atomic E-state index is 0.438. The molecule has 0 spiro atoms. The lowest BCUT2D eigenvalue weighted by atomic mass is 10.1.